The maximum atomic E-state index is 11.6. The van der Waals surface area contributed by atoms with Crippen molar-refractivity contribution in [3.8, 4) is 0 Å². The number of rotatable bonds is 2. The minimum absolute atomic E-state index is 0.228. The Hall–Kier alpha value is -1.48. The van der Waals surface area contributed by atoms with Crippen LogP contribution in [-0.2, 0) is 20.0 Å². The van der Waals surface area contributed by atoms with E-state index in [-0.39, 0.29) is 5.39 Å². The van der Waals surface area contributed by atoms with Gasteiger partial charge in [-0.3, -0.25) is 0 Å². The van der Waals surface area contributed by atoms with Crippen LogP contribution in [0.5, 0.6) is 0 Å². The molecule has 0 unspecified atom stereocenters. The van der Waals surface area contributed by atoms with Crippen LogP contribution in [-0.4, -0.2) is 16.8 Å². The van der Waals surface area contributed by atoms with Crippen molar-refractivity contribution >= 4 is 30.8 Å². The Kier molecular flexibility index (Phi) is 2.90. The van der Waals surface area contributed by atoms with E-state index in [9.17, 15) is 16.8 Å². The lowest BCUT2D eigenvalue weighted by Crippen LogP contribution is -2.21. The van der Waals surface area contributed by atoms with E-state index in [1.807, 2.05) is 0 Å². The van der Waals surface area contributed by atoms with Crippen molar-refractivity contribution in [1.29, 1.82) is 0 Å². The summed E-state index contributed by atoms with van der Waals surface area (Å²) in [6.07, 6.45) is 0. The molecule has 0 amide bonds. The third kappa shape index (κ3) is 2.23. The first-order valence-corrected chi connectivity index (χ1v) is 7.88. The van der Waals surface area contributed by atoms with Gasteiger partial charge >= 0.3 is 0 Å². The van der Waals surface area contributed by atoms with Crippen LogP contribution in [0.4, 0.5) is 0 Å². The molecule has 96 valence electrons. The summed E-state index contributed by atoms with van der Waals surface area (Å²) in [6, 6.07) is 9.03. The molecule has 0 fully saturated rings. The van der Waals surface area contributed by atoms with Crippen molar-refractivity contribution in [3.05, 3.63) is 36.4 Å². The van der Waals surface area contributed by atoms with E-state index >= 15 is 0 Å². The van der Waals surface area contributed by atoms with Crippen molar-refractivity contribution in [3.63, 3.8) is 0 Å². The summed E-state index contributed by atoms with van der Waals surface area (Å²) >= 11 is 0. The zero-order chi connectivity index (χ0) is 13.6. The Morgan fingerprint density at radius 1 is 0.778 bits per heavy atom. The molecule has 0 bridgehead atoms. The van der Waals surface area contributed by atoms with Gasteiger partial charge < -0.3 is 0 Å². The number of hydrogen-bond acceptors (Lipinski definition) is 4. The normalized spacial score (nSPS) is 12.8. The Morgan fingerprint density at radius 2 is 1.39 bits per heavy atom. The van der Waals surface area contributed by atoms with Crippen molar-refractivity contribution in [2.75, 3.05) is 0 Å². The molecule has 0 saturated heterocycles. The second kappa shape index (κ2) is 4.02. The topological polar surface area (TPSA) is 120 Å². The zero-order valence-electron chi connectivity index (χ0n) is 9.07. The smallest absolute Gasteiger partial charge is 0.225 e. The summed E-state index contributed by atoms with van der Waals surface area (Å²) in [5.74, 6) is 0. The largest absolute Gasteiger partial charge is 0.240 e. The molecule has 0 aromatic heterocycles. The van der Waals surface area contributed by atoms with Crippen molar-refractivity contribution in [1.82, 2.24) is 0 Å². The highest BCUT2D eigenvalue weighted by Crippen LogP contribution is 2.28. The molecule has 2 aromatic rings. The van der Waals surface area contributed by atoms with Crippen molar-refractivity contribution in [2.24, 2.45) is 10.3 Å². The van der Waals surface area contributed by atoms with Gasteiger partial charge in [-0.25, -0.2) is 27.1 Å². The first-order valence-electron chi connectivity index (χ1n) is 4.78. The van der Waals surface area contributed by atoms with Gasteiger partial charge in [0.1, 0.15) is 9.79 Å². The molecular weight excluding hydrogens is 276 g/mol. The van der Waals surface area contributed by atoms with Crippen LogP contribution in [0.25, 0.3) is 10.8 Å². The molecule has 2 aromatic carbocycles. The number of nitrogens with two attached hydrogens (primary N) is 2. The maximum Gasteiger partial charge on any atom is 0.240 e. The van der Waals surface area contributed by atoms with Crippen molar-refractivity contribution in [2.45, 2.75) is 9.79 Å². The number of fused-ring (bicyclic) bond motifs is 1. The first-order chi connectivity index (χ1) is 8.21. The third-order valence-corrected chi connectivity index (χ3v) is 4.53. The lowest BCUT2D eigenvalue weighted by atomic mass is 10.1. The fourth-order valence-corrected chi connectivity index (χ4v) is 3.90. The van der Waals surface area contributed by atoms with E-state index in [2.05, 4.69) is 0 Å². The summed E-state index contributed by atoms with van der Waals surface area (Å²) in [6.45, 7) is 0. The van der Waals surface area contributed by atoms with Crippen molar-refractivity contribution < 1.29 is 16.8 Å². The number of hydrogen-bond donors (Lipinski definition) is 2. The summed E-state index contributed by atoms with van der Waals surface area (Å²) in [5.41, 5.74) is 0. The van der Waals surface area contributed by atoms with Crippen LogP contribution in [0.3, 0.4) is 0 Å². The number of sulfonamides is 2. The fraction of sp³-hybridized carbons (Fsp3) is 0. The Bertz CT molecular complexity index is 826. The molecule has 0 aliphatic heterocycles. The standard InChI is InChI=1S/C10H10N2O4S2/c11-17(13,14)9-6-5-7-3-1-2-4-8(7)10(9)18(12,15)16/h1-6H,(H2,11,13,14)(H2,12,15,16). The van der Waals surface area contributed by atoms with Crippen LogP contribution in [0.1, 0.15) is 0 Å². The molecule has 2 rings (SSSR count). The van der Waals surface area contributed by atoms with E-state index in [4.69, 9.17) is 10.3 Å². The predicted molar refractivity (Wildman–Crippen MR) is 66.7 cm³/mol. The third-order valence-electron chi connectivity index (χ3n) is 2.43. The van der Waals surface area contributed by atoms with Gasteiger partial charge in [0, 0.05) is 5.39 Å². The number of primary sulfonamides is 2. The highest BCUT2D eigenvalue weighted by molar-refractivity contribution is 7.92. The monoisotopic (exact) mass is 286 g/mol. The lowest BCUT2D eigenvalue weighted by Gasteiger charge is -2.09. The fourth-order valence-electron chi connectivity index (χ4n) is 1.74. The highest BCUT2D eigenvalue weighted by atomic mass is 32.2. The Labute approximate surface area is 104 Å². The summed E-state index contributed by atoms with van der Waals surface area (Å²) in [5, 5.41) is 10.9. The minimum Gasteiger partial charge on any atom is -0.225 e. The van der Waals surface area contributed by atoms with E-state index in [1.165, 1.54) is 12.1 Å². The van der Waals surface area contributed by atoms with Crippen LogP contribution in [0.15, 0.2) is 46.2 Å². The number of benzene rings is 2. The molecule has 0 aliphatic rings. The SMILES string of the molecule is NS(=O)(=O)c1ccc2ccccc2c1S(N)(=O)=O. The lowest BCUT2D eigenvalue weighted by molar-refractivity contribution is 0.585. The summed E-state index contributed by atoms with van der Waals surface area (Å²) in [7, 11) is -8.37. The molecule has 0 radical (unpaired) electrons. The average Bonchev–Trinajstić information content (AvgIpc) is 2.24. The zero-order valence-corrected chi connectivity index (χ0v) is 10.7. The maximum absolute atomic E-state index is 11.6. The van der Waals surface area contributed by atoms with Gasteiger partial charge in [0.05, 0.1) is 0 Å². The van der Waals surface area contributed by atoms with E-state index in [0.29, 0.717) is 5.39 Å². The van der Waals surface area contributed by atoms with Gasteiger partial charge in [-0.15, -0.1) is 0 Å². The molecule has 4 N–H and O–H groups in total. The van der Waals surface area contributed by atoms with E-state index in [0.717, 1.165) is 6.07 Å². The quantitative estimate of drug-likeness (QED) is 0.815. The molecule has 6 nitrogen and oxygen atoms in total. The minimum atomic E-state index is -4.20. The van der Waals surface area contributed by atoms with Crippen LogP contribution < -0.4 is 10.3 Å². The molecule has 0 saturated carbocycles. The molecule has 0 aliphatic carbocycles. The average molecular weight is 286 g/mol. The van der Waals surface area contributed by atoms with Gasteiger partial charge in [0.25, 0.3) is 0 Å². The van der Waals surface area contributed by atoms with Gasteiger partial charge in [-0.05, 0) is 11.5 Å². The molecule has 8 heteroatoms. The molecule has 0 atom stereocenters. The highest BCUT2D eigenvalue weighted by Gasteiger charge is 2.24. The van der Waals surface area contributed by atoms with Crippen LogP contribution >= 0.6 is 0 Å². The van der Waals surface area contributed by atoms with Gasteiger partial charge in [0.2, 0.25) is 20.0 Å². The van der Waals surface area contributed by atoms with Crippen LogP contribution in [0, 0.1) is 0 Å². The first kappa shape index (κ1) is 13.0. The molecule has 18 heavy (non-hydrogen) atoms. The van der Waals surface area contributed by atoms with Gasteiger partial charge in [-0.1, -0.05) is 30.3 Å². The molecular formula is C10H10N2O4S2. The molecule has 0 heterocycles. The van der Waals surface area contributed by atoms with E-state index in [1.54, 1.807) is 18.2 Å². The van der Waals surface area contributed by atoms with Gasteiger partial charge in [-0.2, -0.15) is 0 Å². The Morgan fingerprint density at radius 3 is 1.94 bits per heavy atom. The van der Waals surface area contributed by atoms with Crippen LogP contribution in [0.2, 0.25) is 0 Å². The molecule has 0 spiro atoms. The van der Waals surface area contributed by atoms with Gasteiger partial charge in [0.15, 0.2) is 0 Å². The predicted octanol–water partition coefficient (Wildman–Crippen LogP) is 0.135. The second-order valence-corrected chi connectivity index (χ2v) is 6.73. The summed E-state index contributed by atoms with van der Waals surface area (Å²) < 4.78 is 45.9. The van der Waals surface area contributed by atoms with E-state index < -0.39 is 29.8 Å². The second-order valence-electron chi connectivity index (χ2n) is 3.70. The summed E-state index contributed by atoms with van der Waals surface area (Å²) in [4.78, 5) is -0.966. The Balaban J connectivity index is 3.08.